The predicted octanol–water partition coefficient (Wildman–Crippen LogP) is 2.97. The van der Waals surface area contributed by atoms with Crippen LogP contribution in [0.15, 0.2) is 18.2 Å². The number of nitrogens with two attached hydrogens (primary N) is 1. The van der Waals surface area contributed by atoms with Crippen LogP contribution in [0, 0.1) is 6.92 Å². The summed E-state index contributed by atoms with van der Waals surface area (Å²) in [5, 5.41) is 4.81. The fourth-order valence-corrected chi connectivity index (χ4v) is 2.17. The number of benzene rings is 1. The quantitative estimate of drug-likeness (QED) is 0.698. The van der Waals surface area contributed by atoms with Gasteiger partial charge in [0, 0.05) is 7.05 Å². The van der Waals surface area contributed by atoms with E-state index in [1.54, 1.807) is 36.9 Å². The molecule has 2 N–H and O–H groups in total. The molecule has 106 valence electrons. The SMILES string of the molecule is Cc1nn(C)c(COC(=O)c2cccc(N)c2Cl)c1Cl. The van der Waals surface area contributed by atoms with Crippen molar-refractivity contribution in [2.45, 2.75) is 13.5 Å². The Morgan fingerprint density at radius 1 is 1.40 bits per heavy atom. The first kappa shape index (κ1) is 14.7. The van der Waals surface area contributed by atoms with E-state index in [9.17, 15) is 4.79 Å². The highest BCUT2D eigenvalue weighted by Crippen LogP contribution is 2.25. The van der Waals surface area contributed by atoms with E-state index in [4.69, 9.17) is 33.7 Å². The van der Waals surface area contributed by atoms with Crippen LogP contribution in [0.1, 0.15) is 21.7 Å². The lowest BCUT2D eigenvalue weighted by Crippen LogP contribution is -2.09. The molecule has 0 aliphatic rings. The molecule has 1 heterocycles. The number of nitrogen functional groups attached to an aromatic ring is 1. The van der Waals surface area contributed by atoms with Crippen LogP contribution in [0.3, 0.4) is 0 Å². The summed E-state index contributed by atoms with van der Waals surface area (Å²) < 4.78 is 6.78. The molecule has 0 unspecified atom stereocenters. The molecule has 0 radical (unpaired) electrons. The van der Waals surface area contributed by atoms with Crippen LogP contribution in [0.25, 0.3) is 0 Å². The summed E-state index contributed by atoms with van der Waals surface area (Å²) in [5.41, 5.74) is 7.50. The maximum Gasteiger partial charge on any atom is 0.340 e. The number of ether oxygens (including phenoxy) is 1. The number of esters is 1. The number of aromatic nitrogens is 2. The van der Waals surface area contributed by atoms with Gasteiger partial charge in [-0.3, -0.25) is 4.68 Å². The number of nitrogens with zero attached hydrogens (tertiary/aromatic N) is 2. The molecule has 1 aromatic carbocycles. The van der Waals surface area contributed by atoms with Crippen LogP contribution in [0.4, 0.5) is 5.69 Å². The fourth-order valence-electron chi connectivity index (χ4n) is 1.76. The molecule has 0 bridgehead atoms. The minimum atomic E-state index is -0.558. The Morgan fingerprint density at radius 3 is 2.70 bits per heavy atom. The molecular weight excluding hydrogens is 301 g/mol. The van der Waals surface area contributed by atoms with E-state index in [0.717, 1.165) is 0 Å². The van der Waals surface area contributed by atoms with Gasteiger partial charge in [-0.2, -0.15) is 5.10 Å². The number of carbonyl (C=O) groups is 1. The second-order valence-corrected chi connectivity index (χ2v) is 5.01. The molecule has 1 aromatic heterocycles. The Morgan fingerprint density at radius 2 is 2.10 bits per heavy atom. The van der Waals surface area contributed by atoms with Crippen molar-refractivity contribution < 1.29 is 9.53 Å². The van der Waals surface area contributed by atoms with Crippen LogP contribution in [-0.4, -0.2) is 15.7 Å². The van der Waals surface area contributed by atoms with Crippen LogP contribution in [0.2, 0.25) is 10.0 Å². The van der Waals surface area contributed by atoms with Gasteiger partial charge < -0.3 is 10.5 Å². The topological polar surface area (TPSA) is 70.1 Å². The standard InChI is InChI=1S/C13H13Cl2N3O2/c1-7-11(14)10(18(2)17-7)6-20-13(19)8-4-3-5-9(16)12(8)15/h3-5H,6,16H2,1-2H3. The highest BCUT2D eigenvalue weighted by molar-refractivity contribution is 6.36. The maximum atomic E-state index is 12.0. The zero-order chi connectivity index (χ0) is 14.9. The number of aryl methyl sites for hydroxylation is 2. The molecule has 0 atom stereocenters. The van der Waals surface area contributed by atoms with Gasteiger partial charge in [-0.1, -0.05) is 29.3 Å². The van der Waals surface area contributed by atoms with Gasteiger partial charge in [0.05, 0.1) is 32.7 Å². The van der Waals surface area contributed by atoms with E-state index in [-0.39, 0.29) is 17.2 Å². The number of hydrogen-bond donors (Lipinski definition) is 1. The molecule has 20 heavy (non-hydrogen) atoms. The number of rotatable bonds is 3. The Bertz CT molecular complexity index is 668. The zero-order valence-electron chi connectivity index (χ0n) is 11.0. The first-order valence-corrected chi connectivity index (χ1v) is 6.56. The summed E-state index contributed by atoms with van der Waals surface area (Å²) in [4.78, 5) is 12.0. The van der Waals surface area contributed by atoms with E-state index >= 15 is 0 Å². The lowest BCUT2D eigenvalue weighted by Gasteiger charge is -2.08. The largest absolute Gasteiger partial charge is 0.455 e. The molecule has 2 aromatic rings. The third kappa shape index (κ3) is 2.73. The summed E-state index contributed by atoms with van der Waals surface area (Å²) >= 11 is 12.0. The average molecular weight is 314 g/mol. The van der Waals surface area contributed by atoms with Gasteiger partial charge in [-0.25, -0.2) is 4.79 Å². The van der Waals surface area contributed by atoms with Crippen molar-refractivity contribution in [1.29, 1.82) is 0 Å². The summed E-state index contributed by atoms with van der Waals surface area (Å²) in [6.45, 7) is 1.79. The summed E-state index contributed by atoms with van der Waals surface area (Å²) in [5.74, 6) is -0.558. The van der Waals surface area contributed by atoms with Gasteiger partial charge in [0.15, 0.2) is 0 Å². The monoisotopic (exact) mass is 313 g/mol. The van der Waals surface area contributed by atoms with Crippen molar-refractivity contribution >= 4 is 34.9 Å². The lowest BCUT2D eigenvalue weighted by atomic mass is 10.2. The van der Waals surface area contributed by atoms with Crippen molar-refractivity contribution in [3.63, 3.8) is 0 Å². The second kappa shape index (κ2) is 5.73. The molecule has 0 spiro atoms. The normalized spacial score (nSPS) is 10.6. The smallest absolute Gasteiger partial charge is 0.340 e. The van der Waals surface area contributed by atoms with Crippen molar-refractivity contribution in [2.75, 3.05) is 5.73 Å². The van der Waals surface area contributed by atoms with Gasteiger partial charge in [0.2, 0.25) is 0 Å². The number of carbonyl (C=O) groups excluding carboxylic acids is 1. The summed E-state index contributed by atoms with van der Waals surface area (Å²) in [6.07, 6.45) is 0. The molecule has 0 fully saturated rings. The van der Waals surface area contributed by atoms with E-state index in [0.29, 0.717) is 22.1 Å². The first-order valence-electron chi connectivity index (χ1n) is 5.81. The van der Waals surface area contributed by atoms with Gasteiger partial charge in [-0.05, 0) is 19.1 Å². The minimum Gasteiger partial charge on any atom is -0.455 e. The molecule has 0 saturated carbocycles. The third-order valence-electron chi connectivity index (χ3n) is 2.85. The van der Waals surface area contributed by atoms with Crippen LogP contribution in [-0.2, 0) is 18.4 Å². The van der Waals surface area contributed by atoms with E-state index < -0.39 is 5.97 Å². The van der Waals surface area contributed by atoms with E-state index in [2.05, 4.69) is 5.10 Å². The van der Waals surface area contributed by atoms with Crippen LogP contribution >= 0.6 is 23.2 Å². The van der Waals surface area contributed by atoms with Crippen molar-refractivity contribution in [1.82, 2.24) is 9.78 Å². The maximum absolute atomic E-state index is 12.0. The Labute approximate surface area is 126 Å². The molecule has 0 saturated heterocycles. The Hall–Kier alpha value is -1.72. The number of anilines is 1. The summed E-state index contributed by atoms with van der Waals surface area (Å²) in [6, 6.07) is 4.80. The molecule has 7 heteroatoms. The Kier molecular flexibility index (Phi) is 4.20. The molecule has 0 amide bonds. The van der Waals surface area contributed by atoms with Crippen LogP contribution < -0.4 is 5.73 Å². The predicted molar refractivity (Wildman–Crippen MR) is 77.9 cm³/mol. The minimum absolute atomic E-state index is 0.0140. The molecule has 0 aliphatic heterocycles. The highest BCUT2D eigenvalue weighted by atomic mass is 35.5. The fraction of sp³-hybridized carbons (Fsp3) is 0.231. The second-order valence-electron chi connectivity index (χ2n) is 4.25. The van der Waals surface area contributed by atoms with Gasteiger partial charge in [-0.15, -0.1) is 0 Å². The number of halogens is 2. The Balaban J connectivity index is 2.15. The molecule has 2 rings (SSSR count). The van der Waals surface area contributed by atoms with Crippen molar-refractivity contribution in [3.8, 4) is 0 Å². The molecular formula is C13H13Cl2N3O2. The van der Waals surface area contributed by atoms with Gasteiger partial charge in [0.1, 0.15) is 6.61 Å². The lowest BCUT2D eigenvalue weighted by molar-refractivity contribution is 0.0464. The third-order valence-corrected chi connectivity index (χ3v) is 3.76. The average Bonchev–Trinajstić information content (AvgIpc) is 2.64. The highest BCUT2D eigenvalue weighted by Gasteiger charge is 2.17. The van der Waals surface area contributed by atoms with E-state index in [1.165, 1.54) is 0 Å². The molecule has 0 aliphatic carbocycles. The van der Waals surface area contributed by atoms with E-state index in [1.807, 2.05) is 0 Å². The summed E-state index contributed by atoms with van der Waals surface area (Å²) in [7, 11) is 1.73. The molecule has 5 nitrogen and oxygen atoms in total. The van der Waals surface area contributed by atoms with Crippen molar-refractivity contribution in [3.05, 3.63) is 45.2 Å². The first-order chi connectivity index (χ1) is 9.41. The van der Waals surface area contributed by atoms with Gasteiger partial charge >= 0.3 is 5.97 Å². The number of hydrogen-bond acceptors (Lipinski definition) is 4. The van der Waals surface area contributed by atoms with Crippen LogP contribution in [0.5, 0.6) is 0 Å². The zero-order valence-corrected chi connectivity index (χ0v) is 12.5. The van der Waals surface area contributed by atoms with Crippen molar-refractivity contribution in [2.24, 2.45) is 7.05 Å². The van der Waals surface area contributed by atoms with Gasteiger partial charge in [0.25, 0.3) is 0 Å².